The van der Waals surface area contributed by atoms with Gasteiger partial charge in [0.25, 0.3) is 0 Å². The smallest absolute Gasteiger partial charge is 0.139 e. The van der Waals surface area contributed by atoms with Gasteiger partial charge < -0.3 is 9.99 Å². The summed E-state index contributed by atoms with van der Waals surface area (Å²) in [6.07, 6.45) is 8.65. The second-order valence-electron chi connectivity index (χ2n) is 6.23. The van der Waals surface area contributed by atoms with Crippen LogP contribution in [0.4, 0.5) is 0 Å². The first-order chi connectivity index (χ1) is 10.8. The predicted octanol–water partition coefficient (Wildman–Crippen LogP) is 3.23. The lowest BCUT2D eigenvalue weighted by Crippen LogP contribution is -2.42. The van der Waals surface area contributed by atoms with Crippen LogP contribution in [0.3, 0.4) is 0 Å². The van der Waals surface area contributed by atoms with Crippen molar-refractivity contribution in [1.29, 1.82) is 0 Å². The molecule has 1 saturated heterocycles. The fraction of sp³-hybridized carbons (Fsp3) is 0.529. The van der Waals surface area contributed by atoms with Gasteiger partial charge in [-0.1, -0.05) is 20.3 Å². The Morgan fingerprint density at radius 2 is 2.09 bits per heavy atom. The number of imidazole rings is 1. The zero-order valence-corrected chi connectivity index (χ0v) is 13.3. The number of H-pyrrole nitrogens is 1. The maximum Gasteiger partial charge on any atom is 0.139 e. The highest BCUT2D eigenvalue weighted by Gasteiger charge is 2.23. The highest BCUT2D eigenvalue weighted by molar-refractivity contribution is 6.01. The molecule has 0 amide bonds. The van der Waals surface area contributed by atoms with Gasteiger partial charge in [0.2, 0.25) is 0 Å². The summed E-state index contributed by atoms with van der Waals surface area (Å²) >= 11 is 0. The Balaban J connectivity index is 1.86. The van der Waals surface area contributed by atoms with Crippen LogP contribution in [0.1, 0.15) is 38.9 Å². The minimum atomic E-state index is 0.880. The van der Waals surface area contributed by atoms with E-state index in [1.165, 1.54) is 30.2 Å². The lowest BCUT2D eigenvalue weighted by molar-refractivity contribution is 0.355. The van der Waals surface area contributed by atoms with Crippen molar-refractivity contribution in [1.82, 2.24) is 19.6 Å². The zero-order chi connectivity index (χ0) is 15.1. The van der Waals surface area contributed by atoms with Crippen molar-refractivity contribution < 1.29 is 0 Å². The molecule has 0 aromatic carbocycles. The maximum atomic E-state index is 4.82. The summed E-state index contributed by atoms with van der Waals surface area (Å²) in [5.74, 6) is 2.02. The van der Waals surface area contributed by atoms with Crippen molar-refractivity contribution in [2.45, 2.75) is 39.5 Å². The van der Waals surface area contributed by atoms with Crippen LogP contribution in [0.25, 0.3) is 22.1 Å². The van der Waals surface area contributed by atoms with Gasteiger partial charge in [0, 0.05) is 31.1 Å². The third-order valence-corrected chi connectivity index (χ3v) is 5.01. The van der Waals surface area contributed by atoms with E-state index in [9.17, 15) is 0 Å². The molecule has 0 saturated carbocycles. The number of pyridine rings is 1. The molecule has 5 nitrogen and oxygen atoms in total. The van der Waals surface area contributed by atoms with Crippen LogP contribution in [-0.2, 0) is 6.42 Å². The van der Waals surface area contributed by atoms with Crippen LogP contribution >= 0.6 is 0 Å². The van der Waals surface area contributed by atoms with Gasteiger partial charge in [-0.2, -0.15) is 0 Å². The first-order valence-electron chi connectivity index (χ1n) is 8.40. The predicted molar refractivity (Wildman–Crippen MR) is 89.7 cm³/mol. The Hall–Kier alpha value is -2.04. The summed E-state index contributed by atoms with van der Waals surface area (Å²) in [4.78, 5) is 12.5. The average Bonchev–Trinajstić information content (AvgIpc) is 3.18. The highest BCUT2D eigenvalue weighted by atomic mass is 15.6. The van der Waals surface area contributed by atoms with E-state index in [1.807, 2.05) is 12.4 Å². The number of hydrogen-bond donors (Lipinski definition) is 1. The molecule has 0 unspecified atom stereocenters. The maximum absolute atomic E-state index is 4.82. The number of piperidine rings is 1. The molecule has 0 spiro atoms. The molecule has 22 heavy (non-hydrogen) atoms. The number of rotatable bonds is 3. The summed E-state index contributed by atoms with van der Waals surface area (Å²) in [5.41, 5.74) is 3.15. The number of aryl methyl sites for hydroxylation is 1. The van der Waals surface area contributed by atoms with Crippen molar-refractivity contribution in [3.05, 3.63) is 24.3 Å². The molecule has 3 aromatic heterocycles. The molecule has 1 aliphatic rings. The Bertz CT molecular complexity index is 792. The Morgan fingerprint density at radius 3 is 2.82 bits per heavy atom. The van der Waals surface area contributed by atoms with Crippen molar-refractivity contribution in [3.63, 3.8) is 0 Å². The Morgan fingerprint density at radius 1 is 1.27 bits per heavy atom. The first kappa shape index (κ1) is 13.6. The average molecular weight is 297 g/mol. The molecule has 5 heteroatoms. The monoisotopic (exact) mass is 297 g/mol. The lowest BCUT2D eigenvalue weighted by atomic mass is 9.95. The molecule has 3 aromatic rings. The summed E-state index contributed by atoms with van der Waals surface area (Å²) in [7, 11) is 0. The van der Waals surface area contributed by atoms with Crippen LogP contribution in [0.2, 0.25) is 0 Å². The molecule has 1 N–H and O–H groups in total. The molecule has 116 valence electrons. The molecule has 1 fully saturated rings. The van der Waals surface area contributed by atoms with Crippen LogP contribution < -0.4 is 5.01 Å². The number of aromatic nitrogens is 4. The fourth-order valence-corrected chi connectivity index (χ4v) is 3.66. The minimum absolute atomic E-state index is 0.880. The SMILES string of the molecule is CCc1nc2cnc3[nH]ccc3c2n1N1CCC(CC)CC1. The third kappa shape index (κ3) is 1.99. The summed E-state index contributed by atoms with van der Waals surface area (Å²) in [6, 6.07) is 2.11. The molecule has 4 heterocycles. The zero-order valence-electron chi connectivity index (χ0n) is 13.3. The van der Waals surface area contributed by atoms with E-state index in [1.54, 1.807) is 0 Å². The van der Waals surface area contributed by atoms with Crippen molar-refractivity contribution in [3.8, 4) is 0 Å². The van der Waals surface area contributed by atoms with Gasteiger partial charge in [0.1, 0.15) is 22.5 Å². The van der Waals surface area contributed by atoms with Gasteiger partial charge >= 0.3 is 0 Å². The number of hydrogen-bond acceptors (Lipinski definition) is 3. The molecule has 0 atom stereocenters. The first-order valence-corrected chi connectivity index (χ1v) is 8.40. The van der Waals surface area contributed by atoms with E-state index in [0.29, 0.717) is 0 Å². The summed E-state index contributed by atoms with van der Waals surface area (Å²) in [6.45, 7) is 6.72. The lowest BCUT2D eigenvalue weighted by Gasteiger charge is -2.35. The Kier molecular flexibility index (Phi) is 3.28. The summed E-state index contributed by atoms with van der Waals surface area (Å²) in [5, 5.41) is 3.65. The topological polar surface area (TPSA) is 49.7 Å². The van der Waals surface area contributed by atoms with Gasteiger partial charge in [-0.05, 0) is 24.8 Å². The number of aromatic amines is 1. The van der Waals surface area contributed by atoms with E-state index in [2.05, 4.69) is 39.6 Å². The molecular formula is C17H23N5. The standard InChI is InChI=1S/C17H23N5/c1-3-12-6-9-21(10-7-12)22-15(4-2)20-14-11-19-17-13(16(14)22)5-8-18-17/h5,8,11-12H,3-4,6-7,9-10H2,1-2H3,(H,18,19). The number of nitrogens with zero attached hydrogens (tertiary/aromatic N) is 4. The second kappa shape index (κ2) is 5.30. The third-order valence-electron chi connectivity index (χ3n) is 5.01. The van der Waals surface area contributed by atoms with Crippen LogP contribution in [-0.4, -0.2) is 32.7 Å². The molecule has 4 rings (SSSR count). The van der Waals surface area contributed by atoms with Crippen molar-refractivity contribution in [2.75, 3.05) is 18.1 Å². The highest BCUT2D eigenvalue weighted by Crippen LogP contribution is 2.27. The molecule has 1 aliphatic heterocycles. The largest absolute Gasteiger partial charge is 0.346 e. The van der Waals surface area contributed by atoms with E-state index in [-0.39, 0.29) is 0 Å². The number of nitrogens with one attached hydrogen (secondary N) is 1. The molecule has 0 bridgehead atoms. The van der Waals surface area contributed by atoms with E-state index in [0.717, 1.165) is 42.4 Å². The minimum Gasteiger partial charge on any atom is -0.346 e. The Labute approximate surface area is 130 Å². The molecule has 0 aliphatic carbocycles. The van der Waals surface area contributed by atoms with Crippen LogP contribution in [0.15, 0.2) is 18.5 Å². The normalized spacial score (nSPS) is 16.9. The van der Waals surface area contributed by atoms with Gasteiger partial charge in [0.15, 0.2) is 0 Å². The van der Waals surface area contributed by atoms with E-state index < -0.39 is 0 Å². The quantitative estimate of drug-likeness (QED) is 0.807. The second-order valence-corrected chi connectivity index (χ2v) is 6.23. The van der Waals surface area contributed by atoms with Gasteiger partial charge in [0.05, 0.1) is 6.20 Å². The van der Waals surface area contributed by atoms with Crippen LogP contribution in [0.5, 0.6) is 0 Å². The summed E-state index contributed by atoms with van der Waals surface area (Å²) < 4.78 is 2.36. The molecule has 0 radical (unpaired) electrons. The van der Waals surface area contributed by atoms with Gasteiger partial charge in [-0.25, -0.2) is 14.6 Å². The van der Waals surface area contributed by atoms with Crippen molar-refractivity contribution >= 4 is 22.1 Å². The molecular weight excluding hydrogens is 274 g/mol. The van der Waals surface area contributed by atoms with Gasteiger partial charge in [-0.3, -0.25) is 0 Å². The van der Waals surface area contributed by atoms with Crippen LogP contribution in [0, 0.1) is 5.92 Å². The number of fused-ring (bicyclic) bond motifs is 3. The van der Waals surface area contributed by atoms with Gasteiger partial charge in [-0.15, -0.1) is 0 Å². The van der Waals surface area contributed by atoms with Crippen molar-refractivity contribution in [2.24, 2.45) is 5.92 Å². The van der Waals surface area contributed by atoms with E-state index >= 15 is 0 Å². The fourth-order valence-electron chi connectivity index (χ4n) is 3.66. The van der Waals surface area contributed by atoms with E-state index in [4.69, 9.17) is 4.98 Å².